The summed E-state index contributed by atoms with van der Waals surface area (Å²) < 4.78 is 0. The summed E-state index contributed by atoms with van der Waals surface area (Å²) in [5.41, 5.74) is 4.70. The Morgan fingerprint density at radius 3 is 2.50 bits per heavy atom. The third-order valence-corrected chi connectivity index (χ3v) is 2.60. The minimum absolute atomic E-state index is 0.237. The summed E-state index contributed by atoms with van der Waals surface area (Å²) in [4.78, 5) is 11.1. The summed E-state index contributed by atoms with van der Waals surface area (Å²) in [6.07, 6.45) is 3.45. The maximum atomic E-state index is 11.1. The van der Waals surface area contributed by atoms with Crippen LogP contribution in [0.2, 0.25) is 0 Å². The van der Waals surface area contributed by atoms with Crippen LogP contribution in [0, 0.1) is 0 Å². The molecule has 14 heavy (non-hydrogen) atoms. The molecule has 0 fully saturated rings. The molecule has 0 bridgehead atoms. The lowest BCUT2D eigenvalue weighted by molar-refractivity contribution is -0.123. The third-order valence-electron chi connectivity index (χ3n) is 2.60. The molecule has 4 N–H and O–H groups in total. The van der Waals surface area contributed by atoms with Gasteiger partial charge in [0.1, 0.15) is 0 Å². The molecule has 0 spiro atoms. The van der Waals surface area contributed by atoms with Crippen LogP contribution in [0.1, 0.15) is 39.5 Å². The molecule has 0 aromatic carbocycles. The number of carbonyl (C=O) groups excluding carboxylic acids is 1. The van der Waals surface area contributed by atoms with E-state index in [1.807, 2.05) is 13.8 Å². The van der Waals surface area contributed by atoms with Gasteiger partial charge in [-0.3, -0.25) is 4.79 Å². The number of carbonyl (C=O) groups is 1. The number of hydrogen-bond donors (Lipinski definition) is 3. The van der Waals surface area contributed by atoms with Crippen molar-refractivity contribution in [2.45, 2.75) is 45.1 Å². The third kappa shape index (κ3) is 4.58. The number of unbranched alkanes of at least 4 members (excludes halogenated alkanes) is 2. The fourth-order valence-electron chi connectivity index (χ4n) is 1.16. The van der Waals surface area contributed by atoms with Crippen LogP contribution in [0.5, 0.6) is 0 Å². The van der Waals surface area contributed by atoms with Crippen LogP contribution in [-0.2, 0) is 4.79 Å². The lowest BCUT2D eigenvalue weighted by Crippen LogP contribution is -2.52. The molecular formula is C10H22N2O2. The standard InChI is InChI=1S/C10H22N2O2/c1-3-10(2,9(11)14)12-7-5-4-6-8-13/h12-13H,3-8H2,1-2H3,(H2,11,14). The first-order chi connectivity index (χ1) is 6.56. The van der Waals surface area contributed by atoms with E-state index in [-0.39, 0.29) is 12.5 Å². The number of amides is 1. The molecule has 0 saturated carbocycles. The number of aliphatic hydroxyl groups excluding tert-OH is 1. The predicted molar refractivity (Wildman–Crippen MR) is 56.8 cm³/mol. The van der Waals surface area contributed by atoms with E-state index in [2.05, 4.69) is 5.32 Å². The Hall–Kier alpha value is -0.610. The fraction of sp³-hybridized carbons (Fsp3) is 0.900. The number of hydrogen-bond acceptors (Lipinski definition) is 3. The SMILES string of the molecule is CCC(C)(NCCCCCO)C(N)=O. The lowest BCUT2D eigenvalue weighted by Gasteiger charge is -2.25. The van der Waals surface area contributed by atoms with Gasteiger partial charge in [0, 0.05) is 6.61 Å². The van der Waals surface area contributed by atoms with Gasteiger partial charge in [0.2, 0.25) is 5.91 Å². The molecule has 0 aliphatic carbocycles. The smallest absolute Gasteiger partial charge is 0.237 e. The zero-order chi connectivity index (χ0) is 11.0. The fourth-order valence-corrected chi connectivity index (χ4v) is 1.16. The highest BCUT2D eigenvalue weighted by Crippen LogP contribution is 2.08. The molecule has 1 atom stereocenters. The molecule has 84 valence electrons. The van der Waals surface area contributed by atoms with Crippen molar-refractivity contribution in [3.63, 3.8) is 0 Å². The van der Waals surface area contributed by atoms with Crippen LogP contribution in [0.3, 0.4) is 0 Å². The molecule has 0 aromatic rings. The van der Waals surface area contributed by atoms with Gasteiger partial charge in [-0.15, -0.1) is 0 Å². The molecule has 0 rings (SSSR count). The largest absolute Gasteiger partial charge is 0.396 e. The van der Waals surface area contributed by atoms with Crippen LogP contribution in [0.4, 0.5) is 0 Å². The van der Waals surface area contributed by atoms with Gasteiger partial charge in [-0.1, -0.05) is 6.92 Å². The van der Waals surface area contributed by atoms with Gasteiger partial charge < -0.3 is 16.2 Å². The van der Waals surface area contributed by atoms with E-state index in [9.17, 15) is 4.79 Å². The summed E-state index contributed by atoms with van der Waals surface area (Å²) in [6, 6.07) is 0. The monoisotopic (exact) mass is 202 g/mol. The van der Waals surface area contributed by atoms with Gasteiger partial charge in [-0.25, -0.2) is 0 Å². The highest BCUT2D eigenvalue weighted by molar-refractivity contribution is 5.84. The molecule has 0 aromatic heterocycles. The molecule has 0 heterocycles. The van der Waals surface area contributed by atoms with E-state index < -0.39 is 5.54 Å². The minimum atomic E-state index is -0.584. The van der Waals surface area contributed by atoms with Crippen molar-refractivity contribution in [2.75, 3.05) is 13.2 Å². The van der Waals surface area contributed by atoms with Crippen molar-refractivity contribution in [1.82, 2.24) is 5.32 Å². The van der Waals surface area contributed by atoms with Gasteiger partial charge >= 0.3 is 0 Å². The second-order valence-corrected chi connectivity index (χ2v) is 3.76. The van der Waals surface area contributed by atoms with Crippen molar-refractivity contribution in [3.8, 4) is 0 Å². The molecule has 0 radical (unpaired) electrons. The number of aliphatic hydroxyl groups is 1. The highest BCUT2D eigenvalue weighted by Gasteiger charge is 2.27. The Balaban J connectivity index is 3.68. The van der Waals surface area contributed by atoms with Crippen molar-refractivity contribution in [1.29, 1.82) is 0 Å². The normalized spacial score (nSPS) is 15.1. The Labute approximate surface area is 85.9 Å². The maximum Gasteiger partial charge on any atom is 0.237 e. The first kappa shape index (κ1) is 13.4. The topological polar surface area (TPSA) is 75.3 Å². The highest BCUT2D eigenvalue weighted by atomic mass is 16.2. The van der Waals surface area contributed by atoms with Crippen molar-refractivity contribution < 1.29 is 9.90 Å². The molecular weight excluding hydrogens is 180 g/mol. The van der Waals surface area contributed by atoms with E-state index in [4.69, 9.17) is 10.8 Å². The molecule has 4 nitrogen and oxygen atoms in total. The van der Waals surface area contributed by atoms with Crippen LogP contribution in [-0.4, -0.2) is 29.7 Å². The first-order valence-corrected chi connectivity index (χ1v) is 5.22. The molecule has 0 aliphatic heterocycles. The van der Waals surface area contributed by atoms with E-state index in [0.717, 1.165) is 25.8 Å². The van der Waals surface area contributed by atoms with Crippen molar-refractivity contribution in [3.05, 3.63) is 0 Å². The number of nitrogens with two attached hydrogens (primary N) is 1. The first-order valence-electron chi connectivity index (χ1n) is 5.22. The summed E-state index contributed by atoms with van der Waals surface area (Å²) in [5, 5.41) is 11.7. The van der Waals surface area contributed by atoms with Gasteiger partial charge in [0.05, 0.1) is 5.54 Å². The summed E-state index contributed by atoms with van der Waals surface area (Å²) in [5.74, 6) is -0.304. The van der Waals surface area contributed by atoms with Crippen LogP contribution in [0.25, 0.3) is 0 Å². The number of nitrogens with one attached hydrogen (secondary N) is 1. The van der Waals surface area contributed by atoms with Crippen LogP contribution < -0.4 is 11.1 Å². The van der Waals surface area contributed by atoms with Crippen LogP contribution in [0.15, 0.2) is 0 Å². The quantitative estimate of drug-likeness (QED) is 0.498. The Kier molecular flexibility index (Phi) is 6.49. The van der Waals surface area contributed by atoms with Gasteiger partial charge in [0.25, 0.3) is 0 Å². The maximum absolute atomic E-state index is 11.1. The average Bonchev–Trinajstić information content (AvgIpc) is 2.17. The van der Waals surface area contributed by atoms with Gasteiger partial charge in [0.15, 0.2) is 0 Å². The van der Waals surface area contributed by atoms with E-state index in [1.165, 1.54) is 0 Å². The lowest BCUT2D eigenvalue weighted by atomic mass is 9.98. The number of primary amides is 1. The van der Waals surface area contributed by atoms with Gasteiger partial charge in [-0.2, -0.15) is 0 Å². The number of rotatable bonds is 8. The zero-order valence-corrected chi connectivity index (χ0v) is 9.18. The second kappa shape index (κ2) is 6.79. The summed E-state index contributed by atoms with van der Waals surface area (Å²) in [7, 11) is 0. The Morgan fingerprint density at radius 1 is 1.43 bits per heavy atom. The second-order valence-electron chi connectivity index (χ2n) is 3.76. The molecule has 0 saturated heterocycles. The van der Waals surface area contributed by atoms with Gasteiger partial charge in [-0.05, 0) is 39.2 Å². The van der Waals surface area contributed by atoms with E-state index in [0.29, 0.717) is 6.42 Å². The Morgan fingerprint density at radius 2 is 2.07 bits per heavy atom. The van der Waals surface area contributed by atoms with E-state index in [1.54, 1.807) is 0 Å². The van der Waals surface area contributed by atoms with E-state index >= 15 is 0 Å². The minimum Gasteiger partial charge on any atom is -0.396 e. The van der Waals surface area contributed by atoms with Crippen molar-refractivity contribution >= 4 is 5.91 Å². The van der Waals surface area contributed by atoms with Crippen molar-refractivity contribution in [2.24, 2.45) is 5.73 Å². The molecule has 1 amide bonds. The zero-order valence-electron chi connectivity index (χ0n) is 9.18. The summed E-state index contributed by atoms with van der Waals surface area (Å²) >= 11 is 0. The summed E-state index contributed by atoms with van der Waals surface area (Å²) in [6.45, 7) is 4.76. The van der Waals surface area contributed by atoms with Crippen LogP contribution >= 0.6 is 0 Å². The molecule has 0 aliphatic rings. The average molecular weight is 202 g/mol. The predicted octanol–water partition coefficient (Wildman–Crippen LogP) is 0.393. The molecule has 4 heteroatoms. The Bertz CT molecular complexity index is 174. The molecule has 1 unspecified atom stereocenters.